The van der Waals surface area contributed by atoms with E-state index in [2.05, 4.69) is 0 Å². The van der Waals surface area contributed by atoms with Gasteiger partial charge >= 0.3 is 0 Å². The molecule has 0 aliphatic heterocycles. The van der Waals surface area contributed by atoms with E-state index in [1.54, 1.807) is 26.4 Å². The second-order valence-corrected chi connectivity index (χ2v) is 4.95. The second-order valence-electron chi connectivity index (χ2n) is 4.55. The first-order valence-corrected chi connectivity index (χ1v) is 6.82. The molecule has 4 N–H and O–H groups in total. The van der Waals surface area contributed by atoms with Crippen molar-refractivity contribution in [1.29, 1.82) is 0 Å². The van der Waals surface area contributed by atoms with Crippen LogP contribution in [0.1, 0.15) is 37.3 Å². The maximum Gasteiger partial charge on any atom is 0.217 e. The van der Waals surface area contributed by atoms with Crippen LogP contribution in [0.2, 0.25) is 5.02 Å². The lowest BCUT2D eigenvalue weighted by molar-refractivity contribution is -0.118. The third-order valence-corrected chi connectivity index (χ3v) is 3.42. The molecule has 0 saturated heterocycles. The Labute approximate surface area is 124 Å². The zero-order chi connectivity index (χ0) is 15.1. The van der Waals surface area contributed by atoms with Crippen molar-refractivity contribution in [3.05, 3.63) is 22.7 Å². The number of unbranched alkanes of at least 4 members (excludes halogenated alkanes) is 1. The Bertz CT molecular complexity index is 466. The lowest BCUT2D eigenvalue weighted by atomic mass is 10.0. The van der Waals surface area contributed by atoms with Crippen molar-refractivity contribution >= 4 is 17.5 Å². The number of ether oxygens (including phenoxy) is 2. The van der Waals surface area contributed by atoms with Gasteiger partial charge in [0.15, 0.2) is 11.5 Å². The predicted molar refractivity (Wildman–Crippen MR) is 79.1 cm³/mol. The van der Waals surface area contributed by atoms with Gasteiger partial charge < -0.3 is 20.9 Å². The minimum atomic E-state index is -0.289. The molecule has 20 heavy (non-hydrogen) atoms. The van der Waals surface area contributed by atoms with E-state index in [1.807, 2.05) is 0 Å². The second kappa shape index (κ2) is 7.97. The average Bonchev–Trinajstić information content (AvgIpc) is 2.42. The number of carbonyl (C=O) groups excluding carboxylic acids is 1. The summed E-state index contributed by atoms with van der Waals surface area (Å²) < 4.78 is 10.4. The molecular formula is C14H21ClN2O3. The monoisotopic (exact) mass is 300 g/mol. The molecule has 5 nitrogen and oxygen atoms in total. The molecule has 6 heteroatoms. The molecule has 0 aliphatic rings. The molecule has 0 spiro atoms. The summed E-state index contributed by atoms with van der Waals surface area (Å²) in [4.78, 5) is 10.7. The number of primary amides is 1. The van der Waals surface area contributed by atoms with E-state index in [9.17, 15) is 4.79 Å². The Morgan fingerprint density at radius 3 is 2.40 bits per heavy atom. The van der Waals surface area contributed by atoms with Gasteiger partial charge in [-0.2, -0.15) is 0 Å². The van der Waals surface area contributed by atoms with E-state index in [4.69, 9.17) is 32.5 Å². The zero-order valence-electron chi connectivity index (χ0n) is 11.8. The van der Waals surface area contributed by atoms with E-state index < -0.39 is 0 Å². The van der Waals surface area contributed by atoms with Crippen LogP contribution in [0, 0.1) is 0 Å². The van der Waals surface area contributed by atoms with Crippen LogP contribution in [0.4, 0.5) is 0 Å². The molecule has 0 aliphatic carbocycles. The number of hydrogen-bond donors (Lipinski definition) is 2. The highest BCUT2D eigenvalue weighted by atomic mass is 35.5. The molecule has 1 aromatic carbocycles. The molecule has 0 fully saturated rings. The number of amides is 1. The third-order valence-electron chi connectivity index (χ3n) is 3.09. The molecule has 0 radical (unpaired) electrons. The Kier molecular flexibility index (Phi) is 6.61. The Morgan fingerprint density at radius 1 is 1.25 bits per heavy atom. The number of hydrogen-bond acceptors (Lipinski definition) is 4. The average molecular weight is 301 g/mol. The number of rotatable bonds is 8. The molecule has 1 rings (SSSR count). The van der Waals surface area contributed by atoms with Crippen LogP contribution in [-0.2, 0) is 4.79 Å². The van der Waals surface area contributed by atoms with Gasteiger partial charge in [0.1, 0.15) is 0 Å². The summed E-state index contributed by atoms with van der Waals surface area (Å²) in [5.41, 5.74) is 12.0. The van der Waals surface area contributed by atoms with Crippen LogP contribution in [0.5, 0.6) is 11.5 Å². The van der Waals surface area contributed by atoms with Crippen LogP contribution in [-0.4, -0.2) is 20.1 Å². The Morgan fingerprint density at radius 2 is 1.85 bits per heavy atom. The van der Waals surface area contributed by atoms with Gasteiger partial charge in [-0.25, -0.2) is 0 Å². The molecule has 0 saturated carbocycles. The standard InChI is InChI=1S/C14H21ClN2O3/c1-19-12-7-9(10(15)8-13(12)20-2)11(16)5-3-4-6-14(17)18/h7-8,11H,3-6,16H2,1-2H3,(H2,17,18). The van der Waals surface area contributed by atoms with Gasteiger partial charge in [-0.3, -0.25) is 4.79 Å². The largest absolute Gasteiger partial charge is 0.493 e. The van der Waals surface area contributed by atoms with Crippen molar-refractivity contribution in [3.8, 4) is 11.5 Å². The normalized spacial score (nSPS) is 12.0. The van der Waals surface area contributed by atoms with E-state index in [0.29, 0.717) is 22.9 Å². The number of carbonyl (C=O) groups is 1. The lowest BCUT2D eigenvalue weighted by Gasteiger charge is -2.16. The third kappa shape index (κ3) is 4.58. The summed E-state index contributed by atoms with van der Waals surface area (Å²) in [5, 5.41) is 0.546. The molecule has 1 amide bonds. The number of nitrogens with two attached hydrogens (primary N) is 2. The quantitative estimate of drug-likeness (QED) is 0.722. The first-order chi connectivity index (χ1) is 9.49. The van der Waals surface area contributed by atoms with Crippen LogP contribution in [0.3, 0.4) is 0 Å². The van der Waals surface area contributed by atoms with Gasteiger partial charge in [-0.1, -0.05) is 18.0 Å². The van der Waals surface area contributed by atoms with Crippen LogP contribution < -0.4 is 20.9 Å². The number of benzene rings is 1. The topological polar surface area (TPSA) is 87.6 Å². The summed E-state index contributed by atoms with van der Waals surface area (Å²) in [5.74, 6) is 0.879. The minimum Gasteiger partial charge on any atom is -0.493 e. The van der Waals surface area contributed by atoms with Crippen molar-refractivity contribution in [2.75, 3.05) is 14.2 Å². The maximum absolute atomic E-state index is 10.7. The van der Waals surface area contributed by atoms with Crippen molar-refractivity contribution < 1.29 is 14.3 Å². The molecule has 0 heterocycles. The van der Waals surface area contributed by atoms with E-state index in [0.717, 1.165) is 24.8 Å². The summed E-state index contributed by atoms with van der Waals surface area (Å²) in [7, 11) is 3.12. The predicted octanol–water partition coefficient (Wildman–Crippen LogP) is 2.40. The highest BCUT2D eigenvalue weighted by molar-refractivity contribution is 6.31. The summed E-state index contributed by atoms with van der Waals surface area (Å²) in [6, 6.07) is 3.27. The Hall–Kier alpha value is -1.46. The molecule has 0 aromatic heterocycles. The molecule has 1 atom stereocenters. The van der Waals surface area contributed by atoms with Gasteiger partial charge in [-0.15, -0.1) is 0 Å². The van der Waals surface area contributed by atoms with Crippen molar-refractivity contribution in [1.82, 2.24) is 0 Å². The van der Waals surface area contributed by atoms with E-state index in [-0.39, 0.29) is 11.9 Å². The van der Waals surface area contributed by atoms with E-state index in [1.165, 1.54) is 0 Å². The molecule has 1 unspecified atom stereocenters. The van der Waals surface area contributed by atoms with E-state index >= 15 is 0 Å². The number of halogens is 1. The fourth-order valence-electron chi connectivity index (χ4n) is 1.97. The van der Waals surface area contributed by atoms with Crippen molar-refractivity contribution in [2.24, 2.45) is 11.5 Å². The summed E-state index contributed by atoms with van der Waals surface area (Å²) in [6.45, 7) is 0. The fraction of sp³-hybridized carbons (Fsp3) is 0.500. The highest BCUT2D eigenvalue weighted by Gasteiger charge is 2.15. The fourth-order valence-corrected chi connectivity index (χ4v) is 2.27. The van der Waals surface area contributed by atoms with Gasteiger partial charge in [0.25, 0.3) is 0 Å². The van der Waals surface area contributed by atoms with Crippen LogP contribution >= 0.6 is 11.6 Å². The first kappa shape index (κ1) is 16.6. The first-order valence-electron chi connectivity index (χ1n) is 6.45. The highest BCUT2D eigenvalue weighted by Crippen LogP contribution is 2.36. The van der Waals surface area contributed by atoms with Crippen molar-refractivity contribution in [3.63, 3.8) is 0 Å². The van der Waals surface area contributed by atoms with Crippen LogP contribution in [0.25, 0.3) is 0 Å². The molecule has 1 aromatic rings. The summed E-state index contributed by atoms with van der Waals surface area (Å²) >= 11 is 6.21. The molecular weight excluding hydrogens is 280 g/mol. The van der Waals surface area contributed by atoms with Crippen LogP contribution in [0.15, 0.2) is 12.1 Å². The van der Waals surface area contributed by atoms with Gasteiger partial charge in [0.05, 0.1) is 14.2 Å². The number of methoxy groups -OCH3 is 2. The lowest BCUT2D eigenvalue weighted by Crippen LogP contribution is -2.13. The van der Waals surface area contributed by atoms with Gasteiger partial charge in [0.2, 0.25) is 5.91 Å². The van der Waals surface area contributed by atoms with Gasteiger partial charge in [-0.05, 0) is 24.5 Å². The SMILES string of the molecule is COc1cc(Cl)c(C(N)CCCCC(N)=O)cc1OC. The van der Waals surface area contributed by atoms with Crippen molar-refractivity contribution in [2.45, 2.75) is 31.7 Å². The molecule has 112 valence electrons. The molecule has 0 bridgehead atoms. The smallest absolute Gasteiger partial charge is 0.217 e. The van der Waals surface area contributed by atoms with Gasteiger partial charge in [0, 0.05) is 23.6 Å². The Balaban J connectivity index is 2.72. The maximum atomic E-state index is 10.7. The zero-order valence-corrected chi connectivity index (χ0v) is 12.6. The summed E-state index contributed by atoms with van der Waals surface area (Å²) in [6.07, 6.45) is 2.65. The minimum absolute atomic E-state index is 0.213.